The molecule has 4 aromatic carbocycles. The summed E-state index contributed by atoms with van der Waals surface area (Å²) in [5.41, 5.74) is 1.69. The van der Waals surface area contributed by atoms with Gasteiger partial charge in [-0.1, -0.05) is 54.9 Å². The fourth-order valence-corrected chi connectivity index (χ4v) is 4.77. The summed E-state index contributed by atoms with van der Waals surface area (Å²) in [6, 6.07) is 24.5. The number of carbonyl (C=O) groups is 1. The quantitative estimate of drug-likeness (QED) is 0.288. The Hall–Kier alpha value is -3.55. The van der Waals surface area contributed by atoms with E-state index in [-0.39, 0.29) is 10.8 Å². The minimum Gasteiger partial charge on any atom is -0.481 e. The summed E-state index contributed by atoms with van der Waals surface area (Å²) in [5, 5.41) is 5.38. The number of carbonyl (C=O) groups excluding carboxylic acids is 1. The lowest BCUT2D eigenvalue weighted by atomic mass is 10.1. The SMILES string of the molecule is CC[C@@H](Oc1ccc2ccccc2c1)C(=O)Nc1ccc(S(=O)(=O)Nc2ccc(C)c(Cl)c2)cc1. The third kappa shape index (κ3) is 5.93. The molecule has 0 unspecified atom stereocenters. The van der Waals surface area contributed by atoms with Crippen LogP contribution >= 0.6 is 11.6 Å². The number of ether oxygens (including phenoxy) is 1. The molecular formula is C27H25ClN2O4S. The number of rotatable bonds is 8. The maximum atomic E-state index is 12.8. The Balaban J connectivity index is 1.42. The Morgan fingerprint density at radius 2 is 1.60 bits per heavy atom. The highest BCUT2D eigenvalue weighted by Crippen LogP contribution is 2.24. The average Bonchev–Trinajstić information content (AvgIpc) is 2.85. The molecule has 0 saturated heterocycles. The number of aryl methyl sites for hydroxylation is 1. The Kier molecular flexibility index (Phi) is 7.28. The van der Waals surface area contributed by atoms with Gasteiger partial charge >= 0.3 is 0 Å². The molecule has 35 heavy (non-hydrogen) atoms. The molecule has 180 valence electrons. The van der Waals surface area contributed by atoms with Crippen LogP contribution in [0.4, 0.5) is 11.4 Å². The molecule has 0 aliphatic carbocycles. The van der Waals surface area contributed by atoms with Crippen LogP contribution in [0.2, 0.25) is 5.02 Å². The first-order valence-corrected chi connectivity index (χ1v) is 13.0. The van der Waals surface area contributed by atoms with Gasteiger partial charge in [0.05, 0.1) is 10.6 Å². The fourth-order valence-electron chi connectivity index (χ4n) is 3.54. The standard InChI is InChI=1S/C27H25ClN2O4S/c1-3-26(34-23-13-9-19-6-4-5-7-20(19)16-23)27(31)29-21-11-14-24(15-12-21)35(32,33)30-22-10-8-18(2)25(28)17-22/h4-17,26,30H,3H2,1-2H3,(H,29,31)/t26-/m1/s1. The number of hydrogen-bond donors (Lipinski definition) is 2. The van der Waals surface area contributed by atoms with Crippen LogP contribution in [-0.4, -0.2) is 20.4 Å². The summed E-state index contributed by atoms with van der Waals surface area (Å²) < 4.78 is 33.9. The van der Waals surface area contributed by atoms with Gasteiger partial charge < -0.3 is 10.1 Å². The zero-order valence-electron chi connectivity index (χ0n) is 19.3. The maximum Gasteiger partial charge on any atom is 0.265 e. The highest BCUT2D eigenvalue weighted by atomic mass is 35.5. The molecule has 8 heteroatoms. The minimum absolute atomic E-state index is 0.0617. The van der Waals surface area contributed by atoms with E-state index in [1.807, 2.05) is 56.3 Å². The van der Waals surface area contributed by atoms with Crippen molar-refractivity contribution in [1.82, 2.24) is 0 Å². The van der Waals surface area contributed by atoms with E-state index in [2.05, 4.69) is 10.0 Å². The predicted octanol–water partition coefficient (Wildman–Crippen LogP) is 6.40. The monoisotopic (exact) mass is 508 g/mol. The summed E-state index contributed by atoms with van der Waals surface area (Å²) >= 11 is 6.09. The van der Waals surface area contributed by atoms with Crippen molar-refractivity contribution < 1.29 is 17.9 Å². The lowest BCUT2D eigenvalue weighted by Crippen LogP contribution is -2.32. The summed E-state index contributed by atoms with van der Waals surface area (Å²) in [7, 11) is -3.81. The first-order valence-electron chi connectivity index (χ1n) is 11.1. The molecule has 1 amide bonds. The van der Waals surface area contributed by atoms with Crippen molar-refractivity contribution in [1.29, 1.82) is 0 Å². The number of benzene rings is 4. The molecule has 4 aromatic rings. The van der Waals surface area contributed by atoms with Crippen LogP contribution < -0.4 is 14.8 Å². The molecule has 0 fully saturated rings. The molecule has 1 atom stereocenters. The number of halogens is 1. The van der Waals surface area contributed by atoms with Crippen molar-refractivity contribution >= 4 is 49.7 Å². The van der Waals surface area contributed by atoms with E-state index in [4.69, 9.17) is 16.3 Å². The second-order valence-electron chi connectivity index (χ2n) is 8.11. The summed E-state index contributed by atoms with van der Waals surface area (Å²) in [6.45, 7) is 3.70. The summed E-state index contributed by atoms with van der Waals surface area (Å²) in [4.78, 5) is 12.9. The lowest BCUT2D eigenvalue weighted by Gasteiger charge is -2.18. The smallest absolute Gasteiger partial charge is 0.265 e. The van der Waals surface area contributed by atoms with Gasteiger partial charge in [0.2, 0.25) is 0 Å². The molecule has 0 radical (unpaired) electrons. The van der Waals surface area contributed by atoms with E-state index in [0.29, 0.717) is 28.6 Å². The Bertz CT molecular complexity index is 1470. The van der Waals surface area contributed by atoms with Gasteiger partial charge in [0.15, 0.2) is 6.10 Å². The van der Waals surface area contributed by atoms with Crippen molar-refractivity contribution in [2.75, 3.05) is 10.0 Å². The van der Waals surface area contributed by atoms with Crippen LogP contribution in [0.1, 0.15) is 18.9 Å². The molecule has 2 N–H and O–H groups in total. The van der Waals surface area contributed by atoms with E-state index < -0.39 is 16.1 Å². The normalized spacial score (nSPS) is 12.2. The van der Waals surface area contributed by atoms with Crippen LogP contribution in [0.3, 0.4) is 0 Å². The molecule has 0 bridgehead atoms. The molecule has 0 saturated carbocycles. The van der Waals surface area contributed by atoms with Crippen molar-refractivity contribution in [2.24, 2.45) is 0 Å². The van der Waals surface area contributed by atoms with Gasteiger partial charge in [-0.05, 0) is 78.2 Å². The van der Waals surface area contributed by atoms with Crippen molar-refractivity contribution in [3.8, 4) is 5.75 Å². The average molecular weight is 509 g/mol. The molecule has 0 aliphatic rings. The van der Waals surface area contributed by atoms with Crippen LogP contribution in [0, 0.1) is 6.92 Å². The Morgan fingerprint density at radius 1 is 0.914 bits per heavy atom. The van der Waals surface area contributed by atoms with Crippen molar-refractivity contribution in [2.45, 2.75) is 31.3 Å². The number of amides is 1. The largest absolute Gasteiger partial charge is 0.481 e. The minimum atomic E-state index is -3.81. The summed E-state index contributed by atoms with van der Waals surface area (Å²) in [6.07, 6.45) is -0.235. The molecule has 0 heterocycles. The predicted molar refractivity (Wildman–Crippen MR) is 141 cm³/mol. The van der Waals surface area contributed by atoms with Crippen molar-refractivity contribution in [3.05, 3.63) is 95.5 Å². The van der Waals surface area contributed by atoms with Gasteiger partial charge in [-0.15, -0.1) is 0 Å². The summed E-state index contributed by atoms with van der Waals surface area (Å²) in [5.74, 6) is 0.290. The first-order chi connectivity index (χ1) is 16.7. The van der Waals surface area contributed by atoms with Crippen LogP contribution in [-0.2, 0) is 14.8 Å². The maximum absolute atomic E-state index is 12.8. The third-order valence-corrected chi connectivity index (χ3v) is 7.32. The molecule has 6 nitrogen and oxygen atoms in total. The highest BCUT2D eigenvalue weighted by molar-refractivity contribution is 7.92. The van der Waals surface area contributed by atoms with Crippen LogP contribution in [0.5, 0.6) is 5.75 Å². The van der Waals surface area contributed by atoms with Crippen LogP contribution in [0.25, 0.3) is 10.8 Å². The van der Waals surface area contributed by atoms with Gasteiger partial charge in [0.25, 0.3) is 15.9 Å². The Labute approximate surface area is 209 Å². The molecule has 4 rings (SSSR count). The molecule has 0 aliphatic heterocycles. The zero-order chi connectivity index (χ0) is 25.0. The first kappa shape index (κ1) is 24.6. The lowest BCUT2D eigenvalue weighted by molar-refractivity contribution is -0.122. The van der Waals surface area contributed by atoms with E-state index in [0.717, 1.165) is 16.3 Å². The highest BCUT2D eigenvalue weighted by Gasteiger charge is 2.20. The van der Waals surface area contributed by atoms with Gasteiger partial charge in [-0.3, -0.25) is 9.52 Å². The topological polar surface area (TPSA) is 84.5 Å². The zero-order valence-corrected chi connectivity index (χ0v) is 20.9. The van der Waals surface area contributed by atoms with E-state index in [9.17, 15) is 13.2 Å². The number of hydrogen-bond acceptors (Lipinski definition) is 4. The van der Waals surface area contributed by atoms with Gasteiger partial charge in [-0.25, -0.2) is 8.42 Å². The molecule has 0 spiro atoms. The second kappa shape index (κ2) is 10.4. The van der Waals surface area contributed by atoms with Crippen LogP contribution in [0.15, 0.2) is 89.8 Å². The fraction of sp³-hybridized carbons (Fsp3) is 0.148. The Morgan fingerprint density at radius 3 is 2.29 bits per heavy atom. The number of nitrogens with one attached hydrogen (secondary N) is 2. The van der Waals surface area contributed by atoms with Gasteiger partial charge in [-0.2, -0.15) is 0 Å². The molecular weight excluding hydrogens is 484 g/mol. The van der Waals surface area contributed by atoms with Crippen molar-refractivity contribution in [3.63, 3.8) is 0 Å². The number of anilines is 2. The number of fused-ring (bicyclic) bond motifs is 1. The van der Waals surface area contributed by atoms with Gasteiger partial charge in [0, 0.05) is 10.7 Å². The van der Waals surface area contributed by atoms with E-state index in [1.165, 1.54) is 24.3 Å². The van der Waals surface area contributed by atoms with E-state index >= 15 is 0 Å². The van der Waals surface area contributed by atoms with E-state index in [1.54, 1.807) is 18.2 Å². The third-order valence-electron chi connectivity index (χ3n) is 5.52. The van der Waals surface area contributed by atoms with Gasteiger partial charge in [0.1, 0.15) is 5.75 Å². The number of sulfonamides is 1. The molecule has 0 aromatic heterocycles. The second-order valence-corrected chi connectivity index (χ2v) is 10.2.